The Labute approximate surface area is 275 Å². The third-order valence-electron chi connectivity index (χ3n) is 7.05. The summed E-state index contributed by atoms with van der Waals surface area (Å²) in [5.41, 5.74) is 2.61. The van der Waals surface area contributed by atoms with E-state index in [2.05, 4.69) is 25.6 Å². The first kappa shape index (κ1) is 35.3. The summed E-state index contributed by atoms with van der Waals surface area (Å²) < 4.78 is 29.7. The van der Waals surface area contributed by atoms with Crippen molar-refractivity contribution in [3.63, 3.8) is 0 Å². The summed E-state index contributed by atoms with van der Waals surface area (Å²) in [6.07, 6.45) is 0.265. The molecule has 4 rings (SSSR count). The minimum atomic E-state index is -3.41. The number of carbonyl (C=O) groups is 4. The van der Waals surface area contributed by atoms with Crippen LogP contribution >= 0.6 is 0 Å². The number of aromatic amines is 1. The number of alkyl carbamates (subject to hydrolysis) is 1. The number of H-pyrrole nitrogens is 1. The number of imidazole rings is 1. The fraction of sp³-hybridized carbons (Fsp3) is 0.323. The van der Waals surface area contributed by atoms with Crippen molar-refractivity contribution in [2.45, 2.75) is 32.9 Å². The van der Waals surface area contributed by atoms with Gasteiger partial charge in [-0.3, -0.25) is 29.5 Å². The maximum absolute atomic E-state index is 13.2. The molecule has 0 saturated carbocycles. The minimum Gasteiger partial charge on any atom is -0.480 e. The van der Waals surface area contributed by atoms with Gasteiger partial charge in [0.1, 0.15) is 22.9 Å². The number of hydrogen-bond acceptors (Lipinski definition) is 10. The number of amides is 3. The van der Waals surface area contributed by atoms with Gasteiger partial charge in [0.25, 0.3) is 5.56 Å². The van der Waals surface area contributed by atoms with Crippen LogP contribution in [0.4, 0.5) is 10.7 Å². The predicted octanol–water partition coefficient (Wildman–Crippen LogP) is 1.54. The van der Waals surface area contributed by atoms with Gasteiger partial charge in [0.2, 0.25) is 17.8 Å². The monoisotopic (exact) mass is 681 g/mol. The first-order chi connectivity index (χ1) is 22.7. The molecule has 0 aliphatic carbocycles. The van der Waals surface area contributed by atoms with Crippen LogP contribution in [0.3, 0.4) is 0 Å². The summed E-state index contributed by atoms with van der Waals surface area (Å²) in [5, 5.41) is 14.3. The molecule has 2 aromatic heterocycles. The number of fused-ring (bicyclic) bond motifs is 1. The normalized spacial score (nSPS) is 11.3. The van der Waals surface area contributed by atoms with Crippen LogP contribution in [0.15, 0.2) is 59.7 Å². The summed E-state index contributed by atoms with van der Waals surface area (Å²) in [7, 11) is -3.41. The van der Waals surface area contributed by atoms with Crippen molar-refractivity contribution in [3.05, 3.63) is 87.5 Å². The van der Waals surface area contributed by atoms with Crippen molar-refractivity contribution in [1.29, 1.82) is 0 Å². The van der Waals surface area contributed by atoms with Gasteiger partial charge >= 0.3 is 12.1 Å². The molecule has 254 valence electrons. The minimum absolute atomic E-state index is 0.0826. The van der Waals surface area contributed by atoms with Crippen LogP contribution in [0.1, 0.15) is 34.8 Å². The van der Waals surface area contributed by atoms with E-state index in [0.717, 1.165) is 39.7 Å². The Balaban J connectivity index is 1.42. The average Bonchev–Trinajstić information content (AvgIpc) is 3.41. The van der Waals surface area contributed by atoms with Gasteiger partial charge in [-0.1, -0.05) is 59.7 Å². The number of sulfone groups is 1. The Morgan fingerprint density at radius 3 is 2.19 bits per heavy atom. The largest absolute Gasteiger partial charge is 0.480 e. The second-order valence-corrected chi connectivity index (χ2v) is 13.4. The molecular formula is C31H35N7O9S. The van der Waals surface area contributed by atoms with Gasteiger partial charge in [0.15, 0.2) is 17.3 Å². The number of aryl methyl sites for hydroxylation is 2. The summed E-state index contributed by atoms with van der Waals surface area (Å²) in [6.45, 7) is 2.39. The lowest BCUT2D eigenvalue weighted by Crippen LogP contribution is -2.43. The molecule has 3 amide bonds. The topological polar surface area (TPSA) is 223 Å². The number of aromatic nitrogens is 4. The zero-order valence-corrected chi connectivity index (χ0v) is 27.2. The van der Waals surface area contributed by atoms with Gasteiger partial charge in [-0.2, -0.15) is 4.98 Å². The number of hydrogen-bond donors (Lipinski definition) is 4. The van der Waals surface area contributed by atoms with Crippen LogP contribution in [0.2, 0.25) is 0 Å². The lowest BCUT2D eigenvalue weighted by atomic mass is 9.99. The van der Waals surface area contributed by atoms with E-state index in [0.29, 0.717) is 0 Å². The summed E-state index contributed by atoms with van der Waals surface area (Å²) in [6, 6.07) is 15.1. The molecule has 17 heteroatoms. The number of anilines is 1. The number of nitrogens with one attached hydrogen (secondary N) is 3. The zero-order valence-electron chi connectivity index (χ0n) is 26.4. The molecular weight excluding hydrogens is 646 g/mol. The van der Waals surface area contributed by atoms with Gasteiger partial charge in [0.05, 0.1) is 12.1 Å². The Bertz CT molecular complexity index is 1930. The van der Waals surface area contributed by atoms with Crippen LogP contribution in [0, 0.1) is 13.8 Å². The van der Waals surface area contributed by atoms with Crippen LogP contribution in [0.25, 0.3) is 11.2 Å². The summed E-state index contributed by atoms with van der Waals surface area (Å²) in [5.74, 6) is -3.41. The number of nitrogens with zero attached hydrogens (tertiary/aromatic N) is 4. The second-order valence-electron chi connectivity index (χ2n) is 11.1. The van der Waals surface area contributed by atoms with Crippen LogP contribution in [-0.2, 0) is 35.5 Å². The molecule has 4 aromatic rings. The Hall–Kier alpha value is -5.58. The van der Waals surface area contributed by atoms with Crippen LogP contribution in [0.5, 0.6) is 0 Å². The van der Waals surface area contributed by atoms with Crippen LogP contribution in [-0.4, -0.2) is 93.5 Å². The molecule has 0 bridgehead atoms. The van der Waals surface area contributed by atoms with Crippen molar-refractivity contribution in [2.75, 3.05) is 37.0 Å². The van der Waals surface area contributed by atoms with E-state index in [1.165, 1.54) is 4.57 Å². The maximum Gasteiger partial charge on any atom is 0.408 e. The van der Waals surface area contributed by atoms with E-state index in [4.69, 9.17) is 4.74 Å². The van der Waals surface area contributed by atoms with E-state index >= 15 is 0 Å². The first-order valence-electron chi connectivity index (χ1n) is 14.7. The fourth-order valence-corrected chi connectivity index (χ4v) is 5.11. The smallest absolute Gasteiger partial charge is 0.408 e. The highest BCUT2D eigenvalue weighted by atomic mass is 32.2. The average molecular weight is 682 g/mol. The number of benzene rings is 2. The molecule has 0 aliphatic rings. The van der Waals surface area contributed by atoms with Crippen molar-refractivity contribution in [3.8, 4) is 0 Å². The van der Waals surface area contributed by atoms with Crippen molar-refractivity contribution < 1.29 is 37.4 Å². The zero-order chi connectivity index (χ0) is 35.0. The van der Waals surface area contributed by atoms with E-state index < -0.39 is 64.2 Å². The molecule has 0 fully saturated rings. The Morgan fingerprint density at radius 2 is 1.62 bits per heavy atom. The molecule has 2 aromatic carbocycles. The molecule has 4 N–H and O–H groups in total. The fourth-order valence-electron chi connectivity index (χ4n) is 4.55. The van der Waals surface area contributed by atoms with Crippen molar-refractivity contribution in [2.24, 2.45) is 0 Å². The lowest BCUT2D eigenvalue weighted by molar-refractivity contribution is -0.144. The highest BCUT2D eigenvalue weighted by Crippen LogP contribution is 2.27. The van der Waals surface area contributed by atoms with E-state index in [1.807, 2.05) is 62.4 Å². The lowest BCUT2D eigenvalue weighted by Gasteiger charge is -2.22. The molecule has 48 heavy (non-hydrogen) atoms. The van der Waals surface area contributed by atoms with E-state index in [9.17, 15) is 37.5 Å². The first-order valence-corrected chi connectivity index (χ1v) is 16.7. The van der Waals surface area contributed by atoms with E-state index in [1.54, 1.807) is 0 Å². The molecule has 0 saturated heterocycles. The van der Waals surface area contributed by atoms with Crippen molar-refractivity contribution in [1.82, 2.24) is 29.7 Å². The highest BCUT2D eigenvalue weighted by Gasteiger charge is 2.22. The van der Waals surface area contributed by atoms with Crippen LogP contribution < -0.4 is 16.2 Å². The molecule has 2 heterocycles. The third kappa shape index (κ3) is 9.96. The van der Waals surface area contributed by atoms with Gasteiger partial charge in [0, 0.05) is 25.8 Å². The number of carboxylic acids is 1. The SMILES string of the molecule is Cc1ccc(C(OC(=O)NCCN(CC(=O)O)C(=O)Cn2cnc3c(=O)[nH]c(NC(=O)CCS(C)(=O)=O)nc32)c2ccc(C)cc2)cc1. The van der Waals surface area contributed by atoms with Gasteiger partial charge in [-0.25, -0.2) is 18.2 Å². The summed E-state index contributed by atoms with van der Waals surface area (Å²) >= 11 is 0. The number of carbonyl (C=O) groups excluding carboxylic acids is 3. The summed E-state index contributed by atoms with van der Waals surface area (Å²) in [4.78, 5) is 73.8. The number of ether oxygens (including phenoxy) is 1. The molecule has 16 nitrogen and oxygen atoms in total. The molecule has 0 unspecified atom stereocenters. The Kier molecular flexibility index (Phi) is 11.3. The standard InChI is InChI=1S/C31H35N7O9S/c1-19-4-8-21(9-5-19)27(22-10-6-20(2)7-11-22)47-31(44)32-13-14-37(17-25(41)42)24(40)16-38-18-33-26-28(38)35-30(36-29(26)43)34-23(39)12-15-48(3,45)46/h4-11,18,27H,12-17H2,1-3H3,(H,32,44)(H,41,42)(H2,34,35,36,39,43). The highest BCUT2D eigenvalue weighted by molar-refractivity contribution is 7.90. The maximum atomic E-state index is 13.2. The quantitative estimate of drug-likeness (QED) is 0.149. The molecule has 0 spiro atoms. The van der Waals surface area contributed by atoms with Gasteiger partial charge < -0.3 is 24.6 Å². The van der Waals surface area contributed by atoms with E-state index in [-0.39, 0.29) is 36.6 Å². The second kappa shape index (κ2) is 15.3. The number of rotatable bonds is 14. The number of carboxylic acid groups (broad SMARTS) is 1. The predicted molar refractivity (Wildman–Crippen MR) is 174 cm³/mol. The number of aliphatic carboxylic acids is 1. The van der Waals surface area contributed by atoms with Crippen molar-refractivity contribution >= 4 is 50.8 Å². The third-order valence-corrected chi connectivity index (χ3v) is 8.00. The molecule has 0 atom stereocenters. The Morgan fingerprint density at radius 1 is 1.02 bits per heavy atom. The molecule has 0 radical (unpaired) electrons. The molecule has 0 aliphatic heterocycles. The van der Waals surface area contributed by atoms with Gasteiger partial charge in [-0.15, -0.1) is 0 Å². The van der Waals surface area contributed by atoms with Gasteiger partial charge in [-0.05, 0) is 25.0 Å².